The fourth-order valence-corrected chi connectivity index (χ4v) is 9.48. The van der Waals surface area contributed by atoms with Gasteiger partial charge in [-0.3, -0.25) is 0 Å². The Kier molecular flexibility index (Phi) is 5.13. The Morgan fingerprint density at radius 3 is 2.05 bits per heavy atom. The van der Waals surface area contributed by atoms with E-state index in [4.69, 9.17) is 8.85 Å². The molecule has 2 nitrogen and oxygen atoms in total. The van der Waals surface area contributed by atoms with Crippen LogP contribution in [0.3, 0.4) is 0 Å². The van der Waals surface area contributed by atoms with Gasteiger partial charge in [0.25, 0.3) is 0 Å². The first-order chi connectivity index (χ1) is 9.07. The van der Waals surface area contributed by atoms with E-state index in [2.05, 4.69) is 27.7 Å². The topological polar surface area (TPSA) is 18.5 Å². The van der Waals surface area contributed by atoms with E-state index in [1.54, 1.807) is 0 Å². The van der Waals surface area contributed by atoms with Crippen LogP contribution in [0.4, 0.5) is 0 Å². The highest BCUT2D eigenvalue weighted by molar-refractivity contribution is 6.71. The van der Waals surface area contributed by atoms with E-state index in [-0.39, 0.29) is 0 Å². The Bertz CT molecular complexity index is 276. The molecule has 0 spiro atoms. The van der Waals surface area contributed by atoms with Crippen LogP contribution in [0.2, 0.25) is 11.1 Å². The van der Waals surface area contributed by atoms with Crippen molar-refractivity contribution in [1.29, 1.82) is 0 Å². The fraction of sp³-hybridized carbons (Fsp3) is 1.00. The van der Waals surface area contributed by atoms with E-state index in [1.165, 1.54) is 44.6 Å². The van der Waals surface area contributed by atoms with Crippen LogP contribution >= 0.6 is 0 Å². The van der Waals surface area contributed by atoms with Crippen molar-refractivity contribution < 1.29 is 8.85 Å². The van der Waals surface area contributed by atoms with Crippen molar-refractivity contribution >= 4 is 8.56 Å². The molecule has 19 heavy (non-hydrogen) atoms. The molecule has 2 saturated carbocycles. The van der Waals surface area contributed by atoms with Gasteiger partial charge in [-0.2, -0.15) is 0 Å². The van der Waals surface area contributed by atoms with Gasteiger partial charge < -0.3 is 8.85 Å². The van der Waals surface area contributed by atoms with Crippen LogP contribution < -0.4 is 0 Å². The summed E-state index contributed by atoms with van der Waals surface area (Å²) < 4.78 is 12.9. The lowest BCUT2D eigenvalue weighted by Gasteiger charge is -2.44. The molecule has 2 rings (SSSR count). The lowest BCUT2D eigenvalue weighted by Crippen LogP contribution is -2.52. The summed E-state index contributed by atoms with van der Waals surface area (Å²) in [6.45, 7) is 10.6. The summed E-state index contributed by atoms with van der Waals surface area (Å²) in [6.07, 6.45) is 8.27. The number of hydrogen-bond acceptors (Lipinski definition) is 2. The van der Waals surface area contributed by atoms with Gasteiger partial charge in [-0.15, -0.1) is 0 Å². The highest BCUT2D eigenvalue weighted by Crippen LogP contribution is 2.65. The van der Waals surface area contributed by atoms with E-state index in [1.807, 2.05) is 0 Å². The van der Waals surface area contributed by atoms with Crippen LogP contribution in [0.15, 0.2) is 0 Å². The van der Waals surface area contributed by atoms with E-state index in [0.29, 0.717) is 5.04 Å². The Morgan fingerprint density at radius 1 is 1.11 bits per heavy atom. The predicted octanol–water partition coefficient (Wildman–Crippen LogP) is 4.88. The summed E-state index contributed by atoms with van der Waals surface area (Å²) >= 11 is 0. The Hall–Kier alpha value is 0.137. The van der Waals surface area contributed by atoms with Gasteiger partial charge in [0.2, 0.25) is 0 Å². The van der Waals surface area contributed by atoms with Gasteiger partial charge in [0, 0.05) is 18.3 Å². The second-order valence-corrected chi connectivity index (χ2v) is 10.6. The number of fused-ring (bicyclic) bond motifs is 2. The predicted molar refractivity (Wildman–Crippen MR) is 82.5 cm³/mol. The number of hydrogen-bond donors (Lipinski definition) is 0. The molecule has 2 aliphatic carbocycles. The van der Waals surface area contributed by atoms with E-state index in [0.717, 1.165) is 25.0 Å². The first-order valence-electron chi connectivity index (χ1n) is 8.35. The van der Waals surface area contributed by atoms with Crippen LogP contribution in [-0.2, 0) is 8.85 Å². The van der Waals surface area contributed by atoms with Crippen molar-refractivity contribution in [2.45, 2.75) is 77.3 Å². The molecular formula is C16H32O2Si. The first kappa shape index (κ1) is 15.5. The average molecular weight is 285 g/mol. The molecule has 0 aromatic carbocycles. The second kappa shape index (κ2) is 6.27. The molecule has 0 saturated heterocycles. The van der Waals surface area contributed by atoms with Crippen LogP contribution in [0.25, 0.3) is 0 Å². The van der Waals surface area contributed by atoms with Gasteiger partial charge in [-0.05, 0) is 57.4 Å². The summed E-state index contributed by atoms with van der Waals surface area (Å²) in [4.78, 5) is 0. The van der Waals surface area contributed by atoms with Gasteiger partial charge in [-0.1, -0.05) is 26.7 Å². The molecule has 0 heterocycles. The normalized spacial score (nSPS) is 30.5. The smallest absolute Gasteiger partial charge is 0.344 e. The molecule has 2 aliphatic rings. The molecule has 112 valence electrons. The van der Waals surface area contributed by atoms with E-state index >= 15 is 0 Å². The number of rotatable bonds is 8. The van der Waals surface area contributed by atoms with Crippen molar-refractivity contribution in [3.8, 4) is 0 Å². The standard InChI is InChI=1S/C16H32O2Si/c1-5-17-19(18-6-2,12-9-14(3)4)16-10-7-15(13-16)8-11-16/h14-15H,5-13H2,1-4H3. The Balaban J connectivity index is 2.20. The summed E-state index contributed by atoms with van der Waals surface area (Å²) in [6, 6.07) is 1.21. The van der Waals surface area contributed by atoms with E-state index < -0.39 is 8.56 Å². The molecule has 0 unspecified atom stereocenters. The van der Waals surface area contributed by atoms with Crippen molar-refractivity contribution in [3.63, 3.8) is 0 Å². The minimum absolute atomic E-state index is 0.457. The van der Waals surface area contributed by atoms with Gasteiger partial charge in [0.05, 0.1) is 0 Å². The van der Waals surface area contributed by atoms with Gasteiger partial charge >= 0.3 is 8.56 Å². The van der Waals surface area contributed by atoms with Crippen LogP contribution in [0, 0.1) is 11.8 Å². The highest BCUT2D eigenvalue weighted by Gasteiger charge is 2.62. The van der Waals surface area contributed by atoms with Crippen molar-refractivity contribution in [3.05, 3.63) is 0 Å². The molecule has 0 amide bonds. The molecule has 2 bridgehead atoms. The zero-order valence-electron chi connectivity index (χ0n) is 13.3. The molecule has 3 heteroatoms. The summed E-state index contributed by atoms with van der Waals surface area (Å²) in [5, 5.41) is 0.457. The second-order valence-electron chi connectivity index (χ2n) is 6.98. The maximum Gasteiger partial charge on any atom is 0.344 e. The Labute approximate surface area is 120 Å². The maximum atomic E-state index is 6.44. The van der Waals surface area contributed by atoms with Crippen LogP contribution in [-0.4, -0.2) is 21.8 Å². The molecule has 0 aliphatic heterocycles. The zero-order valence-corrected chi connectivity index (χ0v) is 14.3. The largest absolute Gasteiger partial charge is 0.394 e. The quantitative estimate of drug-likeness (QED) is 0.591. The van der Waals surface area contributed by atoms with Crippen molar-refractivity contribution in [2.24, 2.45) is 11.8 Å². The minimum Gasteiger partial charge on any atom is -0.394 e. The lowest BCUT2D eigenvalue weighted by molar-refractivity contribution is 0.148. The van der Waals surface area contributed by atoms with Crippen molar-refractivity contribution in [1.82, 2.24) is 0 Å². The molecule has 0 radical (unpaired) electrons. The molecule has 0 aromatic rings. The highest BCUT2D eigenvalue weighted by atomic mass is 28.4. The fourth-order valence-electron chi connectivity index (χ4n) is 4.43. The van der Waals surface area contributed by atoms with Gasteiger partial charge in [-0.25, -0.2) is 0 Å². The van der Waals surface area contributed by atoms with Gasteiger partial charge in [0.1, 0.15) is 0 Å². The molecule has 2 fully saturated rings. The van der Waals surface area contributed by atoms with Crippen LogP contribution in [0.1, 0.15) is 66.2 Å². The SMILES string of the molecule is CCO[Si](CCC(C)C)(OCC)C12CCC(CC1)C2. The first-order valence-corrected chi connectivity index (χ1v) is 10.4. The van der Waals surface area contributed by atoms with Gasteiger partial charge in [0.15, 0.2) is 0 Å². The van der Waals surface area contributed by atoms with E-state index in [9.17, 15) is 0 Å². The average Bonchev–Trinajstić information content (AvgIpc) is 2.98. The molecular weight excluding hydrogens is 252 g/mol. The maximum absolute atomic E-state index is 6.44. The minimum atomic E-state index is -2.03. The Morgan fingerprint density at radius 2 is 1.68 bits per heavy atom. The zero-order chi connectivity index (χ0) is 13.9. The third-order valence-electron chi connectivity index (χ3n) is 5.36. The van der Waals surface area contributed by atoms with Crippen molar-refractivity contribution in [2.75, 3.05) is 13.2 Å². The molecule has 0 atom stereocenters. The molecule has 0 aromatic heterocycles. The third-order valence-corrected chi connectivity index (χ3v) is 10.1. The summed E-state index contributed by atoms with van der Waals surface area (Å²) in [5.41, 5.74) is 0. The molecule has 0 N–H and O–H groups in total. The van der Waals surface area contributed by atoms with Crippen LogP contribution in [0.5, 0.6) is 0 Å². The summed E-state index contributed by atoms with van der Waals surface area (Å²) in [5.74, 6) is 1.73. The monoisotopic (exact) mass is 284 g/mol. The summed E-state index contributed by atoms with van der Waals surface area (Å²) in [7, 11) is -2.03. The lowest BCUT2D eigenvalue weighted by atomic mass is 10.0. The third kappa shape index (κ3) is 2.93.